The molecule has 0 saturated heterocycles. The molecule has 0 aliphatic rings. The van der Waals surface area contributed by atoms with E-state index in [1.807, 2.05) is 65.3 Å². The van der Waals surface area contributed by atoms with Gasteiger partial charge < -0.3 is 9.84 Å². The molecule has 0 amide bonds. The summed E-state index contributed by atoms with van der Waals surface area (Å²) in [4.78, 5) is 11.3. The molecule has 0 spiro atoms. The average molecular weight is 489 g/mol. The molecule has 0 fully saturated rings. The molecule has 0 atom stereocenters. The van der Waals surface area contributed by atoms with E-state index in [0.717, 1.165) is 28.9 Å². The van der Waals surface area contributed by atoms with Gasteiger partial charge in [-0.1, -0.05) is 74.0 Å². The van der Waals surface area contributed by atoms with Gasteiger partial charge in [0.25, 0.3) is 0 Å². The third kappa shape index (κ3) is 6.52. The van der Waals surface area contributed by atoms with Crippen molar-refractivity contribution in [1.29, 1.82) is 0 Å². The maximum Gasteiger partial charge on any atom is 0.307 e. The number of halogens is 1. The Balaban J connectivity index is 1.76. The molecular weight excluding hydrogens is 460 g/mol. The molecule has 0 aliphatic carbocycles. The monoisotopic (exact) mass is 488 g/mol. The van der Waals surface area contributed by atoms with Crippen molar-refractivity contribution in [2.24, 2.45) is 5.92 Å². The number of ether oxygens (including phenoxy) is 1. The highest BCUT2D eigenvalue weighted by molar-refractivity contribution is 6.30. The maximum absolute atomic E-state index is 11.3. The minimum absolute atomic E-state index is 0.0593. The second kappa shape index (κ2) is 11.2. The molecule has 1 aromatic heterocycles. The molecule has 180 valence electrons. The van der Waals surface area contributed by atoms with Crippen LogP contribution in [0.1, 0.15) is 25.0 Å². The fourth-order valence-corrected chi connectivity index (χ4v) is 4.02. The normalized spacial score (nSPS) is 11.1. The van der Waals surface area contributed by atoms with Crippen molar-refractivity contribution in [3.8, 4) is 28.3 Å². The van der Waals surface area contributed by atoms with E-state index in [9.17, 15) is 9.90 Å². The summed E-state index contributed by atoms with van der Waals surface area (Å²) in [7, 11) is 0. The van der Waals surface area contributed by atoms with Crippen LogP contribution < -0.4 is 4.74 Å². The van der Waals surface area contributed by atoms with Crippen molar-refractivity contribution in [3.05, 3.63) is 95.0 Å². The number of hydrogen-bond acceptors (Lipinski definition) is 3. The van der Waals surface area contributed by atoms with Crippen molar-refractivity contribution in [1.82, 2.24) is 9.78 Å². The number of hydrogen-bond donors (Lipinski definition) is 1. The maximum atomic E-state index is 11.3. The Morgan fingerprint density at radius 2 is 1.74 bits per heavy atom. The highest BCUT2D eigenvalue weighted by atomic mass is 35.5. The SMILES string of the molecule is CC(C)COc1ccc(CC(=O)O)cc1-c1cc(-c2ccc(Cl)cc2)n(CCc2ccccc2)n1. The molecule has 0 radical (unpaired) electrons. The topological polar surface area (TPSA) is 64.3 Å². The van der Waals surface area contributed by atoms with Gasteiger partial charge in [0, 0.05) is 17.1 Å². The lowest BCUT2D eigenvalue weighted by Gasteiger charge is -2.13. The Morgan fingerprint density at radius 3 is 2.43 bits per heavy atom. The summed E-state index contributed by atoms with van der Waals surface area (Å²) in [6.07, 6.45) is 0.772. The first kappa shape index (κ1) is 24.6. The van der Waals surface area contributed by atoms with E-state index in [2.05, 4.69) is 26.0 Å². The van der Waals surface area contributed by atoms with Crippen LogP contribution in [-0.2, 0) is 24.2 Å². The fraction of sp³-hybridized carbons (Fsp3) is 0.241. The summed E-state index contributed by atoms with van der Waals surface area (Å²) >= 11 is 6.13. The van der Waals surface area contributed by atoms with Crippen LogP contribution in [0.3, 0.4) is 0 Å². The predicted molar refractivity (Wildman–Crippen MR) is 140 cm³/mol. The van der Waals surface area contributed by atoms with Crippen molar-refractivity contribution in [2.45, 2.75) is 33.2 Å². The van der Waals surface area contributed by atoms with Crippen molar-refractivity contribution < 1.29 is 14.6 Å². The second-order valence-electron chi connectivity index (χ2n) is 8.99. The second-order valence-corrected chi connectivity index (χ2v) is 9.42. The zero-order chi connectivity index (χ0) is 24.8. The fourth-order valence-electron chi connectivity index (χ4n) is 3.90. The van der Waals surface area contributed by atoms with Crippen LogP contribution in [-0.4, -0.2) is 27.5 Å². The molecule has 4 rings (SSSR count). The molecule has 3 aromatic carbocycles. The van der Waals surface area contributed by atoms with Crippen LogP contribution in [0.5, 0.6) is 5.75 Å². The summed E-state index contributed by atoms with van der Waals surface area (Å²) in [6, 6.07) is 25.6. The van der Waals surface area contributed by atoms with E-state index in [4.69, 9.17) is 21.4 Å². The van der Waals surface area contributed by atoms with Crippen LogP contribution in [0.15, 0.2) is 78.9 Å². The minimum Gasteiger partial charge on any atom is -0.493 e. The van der Waals surface area contributed by atoms with Gasteiger partial charge in [-0.2, -0.15) is 5.10 Å². The number of aryl methyl sites for hydroxylation is 2. The molecule has 0 saturated carbocycles. The zero-order valence-electron chi connectivity index (χ0n) is 19.9. The van der Waals surface area contributed by atoms with Crippen LogP contribution in [0.4, 0.5) is 0 Å². The van der Waals surface area contributed by atoms with Gasteiger partial charge in [0.1, 0.15) is 5.75 Å². The Hall–Kier alpha value is -3.57. The number of aliphatic carboxylic acids is 1. The number of nitrogens with zero attached hydrogens (tertiary/aromatic N) is 2. The van der Waals surface area contributed by atoms with E-state index in [1.54, 1.807) is 6.07 Å². The molecule has 1 N–H and O–H groups in total. The number of carboxylic acids is 1. The van der Waals surface area contributed by atoms with Gasteiger partial charge in [-0.15, -0.1) is 0 Å². The molecule has 0 aliphatic heterocycles. The van der Waals surface area contributed by atoms with E-state index < -0.39 is 5.97 Å². The smallest absolute Gasteiger partial charge is 0.307 e. The van der Waals surface area contributed by atoms with Crippen LogP contribution in [0, 0.1) is 5.92 Å². The highest BCUT2D eigenvalue weighted by Gasteiger charge is 2.17. The largest absolute Gasteiger partial charge is 0.493 e. The van der Waals surface area contributed by atoms with E-state index in [1.165, 1.54) is 5.56 Å². The average Bonchev–Trinajstić information content (AvgIpc) is 3.26. The third-order valence-corrected chi connectivity index (χ3v) is 5.87. The van der Waals surface area contributed by atoms with Crippen molar-refractivity contribution in [2.75, 3.05) is 6.61 Å². The summed E-state index contributed by atoms with van der Waals surface area (Å²) in [5.41, 5.74) is 5.44. The Bertz CT molecular complexity index is 1280. The first-order valence-electron chi connectivity index (χ1n) is 11.7. The molecule has 0 unspecified atom stereocenters. The number of benzene rings is 3. The predicted octanol–water partition coefficient (Wildman–Crippen LogP) is 6.78. The molecule has 6 heteroatoms. The summed E-state index contributed by atoms with van der Waals surface area (Å²) in [5.74, 6) is 0.180. The number of aromatic nitrogens is 2. The molecule has 4 aromatic rings. The molecular formula is C29H29ClN2O3. The van der Waals surface area contributed by atoms with Gasteiger partial charge in [-0.3, -0.25) is 9.48 Å². The zero-order valence-corrected chi connectivity index (χ0v) is 20.7. The highest BCUT2D eigenvalue weighted by Crippen LogP contribution is 2.34. The minimum atomic E-state index is -0.873. The van der Waals surface area contributed by atoms with Crippen molar-refractivity contribution >= 4 is 17.6 Å². The van der Waals surface area contributed by atoms with Crippen LogP contribution in [0.2, 0.25) is 5.02 Å². The lowest BCUT2D eigenvalue weighted by molar-refractivity contribution is -0.136. The van der Waals surface area contributed by atoms with Gasteiger partial charge in [-0.25, -0.2) is 0 Å². The lowest BCUT2D eigenvalue weighted by atomic mass is 10.0. The Morgan fingerprint density at radius 1 is 1.00 bits per heavy atom. The number of carbonyl (C=O) groups is 1. The number of carboxylic acid groups (broad SMARTS) is 1. The van der Waals surface area contributed by atoms with Gasteiger partial charge >= 0.3 is 5.97 Å². The third-order valence-electron chi connectivity index (χ3n) is 5.62. The quantitative estimate of drug-likeness (QED) is 0.267. The van der Waals surface area contributed by atoms with E-state index in [-0.39, 0.29) is 6.42 Å². The first-order valence-corrected chi connectivity index (χ1v) is 12.1. The van der Waals surface area contributed by atoms with Crippen molar-refractivity contribution in [3.63, 3.8) is 0 Å². The van der Waals surface area contributed by atoms with Gasteiger partial charge in [-0.05, 0) is 59.4 Å². The molecule has 5 nitrogen and oxygen atoms in total. The van der Waals surface area contributed by atoms with E-state index >= 15 is 0 Å². The van der Waals surface area contributed by atoms with Crippen LogP contribution >= 0.6 is 11.6 Å². The summed E-state index contributed by atoms with van der Waals surface area (Å²) in [5, 5.41) is 14.9. The Labute approximate surface area is 211 Å². The van der Waals surface area contributed by atoms with Gasteiger partial charge in [0.05, 0.1) is 24.4 Å². The van der Waals surface area contributed by atoms with Crippen LogP contribution in [0.25, 0.3) is 22.5 Å². The van der Waals surface area contributed by atoms with Gasteiger partial charge in [0.2, 0.25) is 0 Å². The summed E-state index contributed by atoms with van der Waals surface area (Å²) < 4.78 is 8.10. The molecule has 35 heavy (non-hydrogen) atoms. The standard InChI is InChI=1S/C29H29ClN2O3/c1-20(2)19-35-28-13-8-22(17-29(33)34)16-25(28)26-18-27(23-9-11-24(30)12-10-23)32(31-26)15-14-21-6-4-3-5-7-21/h3-13,16,18,20H,14-15,17,19H2,1-2H3,(H,33,34). The number of rotatable bonds is 10. The lowest BCUT2D eigenvalue weighted by Crippen LogP contribution is -2.07. The Kier molecular flexibility index (Phi) is 7.88. The molecule has 0 bridgehead atoms. The summed E-state index contributed by atoms with van der Waals surface area (Å²) in [6.45, 7) is 5.44. The van der Waals surface area contributed by atoms with Gasteiger partial charge in [0.15, 0.2) is 0 Å². The first-order chi connectivity index (χ1) is 16.9. The van der Waals surface area contributed by atoms with E-state index in [0.29, 0.717) is 35.4 Å². The molecule has 1 heterocycles.